The third kappa shape index (κ3) is 2.43. The monoisotopic (exact) mass is 258 g/mol. The molecule has 0 aromatic carbocycles. The lowest BCUT2D eigenvalue weighted by atomic mass is 9.89. The molecule has 2 aromatic heterocycles. The number of rotatable bonds is 2. The van der Waals surface area contributed by atoms with Crippen molar-refractivity contribution >= 4 is 5.95 Å². The first-order valence-corrected chi connectivity index (χ1v) is 6.73. The van der Waals surface area contributed by atoms with Crippen LogP contribution in [0.3, 0.4) is 0 Å². The quantitative estimate of drug-likeness (QED) is 0.889. The lowest BCUT2D eigenvalue weighted by Gasteiger charge is -2.20. The molecule has 6 heteroatoms. The van der Waals surface area contributed by atoms with Gasteiger partial charge in [-0.2, -0.15) is 9.97 Å². The minimum Gasteiger partial charge on any atom is -0.368 e. The number of hydrogen-bond acceptors (Lipinski definition) is 5. The van der Waals surface area contributed by atoms with Crippen molar-refractivity contribution in [3.63, 3.8) is 0 Å². The third-order valence-corrected chi connectivity index (χ3v) is 3.66. The zero-order valence-electron chi connectivity index (χ0n) is 11.1. The molecule has 100 valence electrons. The van der Waals surface area contributed by atoms with E-state index in [-0.39, 0.29) is 5.95 Å². The number of aryl methyl sites for hydroxylation is 1. The third-order valence-electron chi connectivity index (χ3n) is 3.66. The summed E-state index contributed by atoms with van der Waals surface area (Å²) < 4.78 is 1.89. The van der Waals surface area contributed by atoms with Crippen LogP contribution in [0.1, 0.15) is 43.8 Å². The Bertz CT molecular complexity index is 570. The van der Waals surface area contributed by atoms with Crippen molar-refractivity contribution in [3.8, 4) is 11.6 Å². The van der Waals surface area contributed by atoms with E-state index in [4.69, 9.17) is 5.73 Å². The molecule has 2 aromatic rings. The highest BCUT2D eigenvalue weighted by Gasteiger charge is 2.20. The van der Waals surface area contributed by atoms with Gasteiger partial charge in [-0.05, 0) is 12.8 Å². The number of nitrogens with zero attached hydrogens (tertiary/aromatic N) is 5. The molecule has 0 aliphatic heterocycles. The van der Waals surface area contributed by atoms with Crippen molar-refractivity contribution in [2.75, 3.05) is 5.73 Å². The first-order chi connectivity index (χ1) is 9.24. The predicted octanol–water partition coefficient (Wildman–Crippen LogP) is 1.90. The highest BCUT2D eigenvalue weighted by Crippen LogP contribution is 2.31. The Morgan fingerprint density at radius 1 is 1.16 bits per heavy atom. The van der Waals surface area contributed by atoms with Crippen LogP contribution in [0.2, 0.25) is 0 Å². The van der Waals surface area contributed by atoms with E-state index in [1.54, 1.807) is 6.20 Å². The molecule has 1 fully saturated rings. The maximum absolute atomic E-state index is 5.82. The van der Waals surface area contributed by atoms with Crippen LogP contribution in [0, 0.1) is 0 Å². The molecule has 3 rings (SSSR count). The SMILES string of the molecule is Cn1ccnc1-c1nc(N)nc(C2CCCCC2)n1. The Morgan fingerprint density at radius 3 is 2.63 bits per heavy atom. The van der Waals surface area contributed by atoms with Gasteiger partial charge in [-0.15, -0.1) is 0 Å². The molecule has 0 spiro atoms. The number of aromatic nitrogens is 5. The number of nitrogen functional groups attached to an aromatic ring is 1. The fourth-order valence-electron chi connectivity index (χ4n) is 2.63. The molecule has 0 atom stereocenters. The largest absolute Gasteiger partial charge is 0.368 e. The van der Waals surface area contributed by atoms with Crippen molar-refractivity contribution < 1.29 is 0 Å². The maximum Gasteiger partial charge on any atom is 0.223 e. The molecule has 0 radical (unpaired) electrons. The van der Waals surface area contributed by atoms with E-state index in [1.807, 2.05) is 17.8 Å². The molecular weight excluding hydrogens is 240 g/mol. The van der Waals surface area contributed by atoms with E-state index in [2.05, 4.69) is 19.9 Å². The van der Waals surface area contributed by atoms with Crippen LogP contribution in [-0.2, 0) is 7.05 Å². The molecule has 0 bridgehead atoms. The van der Waals surface area contributed by atoms with Crippen LogP contribution in [0.4, 0.5) is 5.95 Å². The lowest BCUT2D eigenvalue weighted by Crippen LogP contribution is -2.13. The normalized spacial score (nSPS) is 16.7. The molecule has 0 amide bonds. The van der Waals surface area contributed by atoms with Gasteiger partial charge in [0.2, 0.25) is 11.8 Å². The van der Waals surface area contributed by atoms with Gasteiger partial charge in [-0.25, -0.2) is 9.97 Å². The summed E-state index contributed by atoms with van der Waals surface area (Å²) in [5, 5.41) is 0. The van der Waals surface area contributed by atoms with Gasteiger partial charge in [0.15, 0.2) is 5.82 Å². The van der Waals surface area contributed by atoms with Gasteiger partial charge in [0.1, 0.15) is 5.82 Å². The molecule has 0 unspecified atom stereocenters. The van der Waals surface area contributed by atoms with Crippen molar-refractivity contribution in [2.45, 2.75) is 38.0 Å². The van der Waals surface area contributed by atoms with Crippen molar-refractivity contribution in [3.05, 3.63) is 18.2 Å². The number of anilines is 1. The zero-order valence-corrected chi connectivity index (χ0v) is 11.1. The summed E-state index contributed by atoms with van der Waals surface area (Å²) >= 11 is 0. The summed E-state index contributed by atoms with van der Waals surface area (Å²) in [6, 6.07) is 0. The van der Waals surface area contributed by atoms with Gasteiger partial charge in [0.05, 0.1) is 0 Å². The van der Waals surface area contributed by atoms with E-state index < -0.39 is 0 Å². The Morgan fingerprint density at radius 2 is 1.95 bits per heavy atom. The van der Waals surface area contributed by atoms with Crippen molar-refractivity contribution in [1.82, 2.24) is 24.5 Å². The molecule has 2 N–H and O–H groups in total. The number of nitrogens with two attached hydrogens (primary N) is 1. The average Bonchev–Trinajstić information content (AvgIpc) is 2.85. The summed E-state index contributed by atoms with van der Waals surface area (Å²) in [6.45, 7) is 0. The molecular formula is C13H18N6. The van der Waals surface area contributed by atoms with Gasteiger partial charge in [-0.1, -0.05) is 19.3 Å². The van der Waals surface area contributed by atoms with E-state index in [1.165, 1.54) is 19.3 Å². The minimum absolute atomic E-state index is 0.286. The maximum atomic E-state index is 5.82. The smallest absolute Gasteiger partial charge is 0.223 e. The summed E-state index contributed by atoms with van der Waals surface area (Å²) in [4.78, 5) is 17.4. The highest BCUT2D eigenvalue weighted by molar-refractivity contribution is 5.45. The Hall–Kier alpha value is -1.98. The molecule has 19 heavy (non-hydrogen) atoms. The summed E-state index contributed by atoms with van der Waals surface area (Å²) in [5.41, 5.74) is 5.82. The van der Waals surface area contributed by atoms with Gasteiger partial charge < -0.3 is 10.3 Å². The average molecular weight is 258 g/mol. The molecule has 0 saturated heterocycles. The topological polar surface area (TPSA) is 82.5 Å². The van der Waals surface area contributed by atoms with Crippen LogP contribution in [0.25, 0.3) is 11.6 Å². The van der Waals surface area contributed by atoms with Crippen molar-refractivity contribution in [2.24, 2.45) is 7.05 Å². The van der Waals surface area contributed by atoms with E-state index in [0.717, 1.165) is 24.5 Å². The van der Waals surface area contributed by atoms with Crippen LogP contribution in [0.5, 0.6) is 0 Å². The van der Waals surface area contributed by atoms with Gasteiger partial charge in [0.25, 0.3) is 0 Å². The molecule has 1 aliphatic rings. The second-order valence-corrected chi connectivity index (χ2v) is 5.07. The van der Waals surface area contributed by atoms with Gasteiger partial charge in [0, 0.05) is 25.4 Å². The van der Waals surface area contributed by atoms with E-state index >= 15 is 0 Å². The number of imidazole rings is 1. The lowest BCUT2D eigenvalue weighted by molar-refractivity contribution is 0.428. The fraction of sp³-hybridized carbons (Fsp3) is 0.538. The van der Waals surface area contributed by atoms with Gasteiger partial charge >= 0.3 is 0 Å². The van der Waals surface area contributed by atoms with Crippen LogP contribution in [0.15, 0.2) is 12.4 Å². The summed E-state index contributed by atoms with van der Waals surface area (Å²) in [5.74, 6) is 2.82. The first kappa shape index (κ1) is 12.1. The van der Waals surface area contributed by atoms with E-state index in [9.17, 15) is 0 Å². The van der Waals surface area contributed by atoms with Crippen molar-refractivity contribution in [1.29, 1.82) is 0 Å². The van der Waals surface area contributed by atoms with E-state index in [0.29, 0.717) is 11.7 Å². The van der Waals surface area contributed by atoms with Crippen LogP contribution in [-0.4, -0.2) is 24.5 Å². The first-order valence-electron chi connectivity index (χ1n) is 6.73. The number of hydrogen-bond donors (Lipinski definition) is 1. The Labute approximate surface area is 112 Å². The summed E-state index contributed by atoms with van der Waals surface area (Å²) in [7, 11) is 1.92. The minimum atomic E-state index is 0.286. The molecule has 1 aliphatic carbocycles. The molecule has 2 heterocycles. The Kier molecular flexibility index (Phi) is 3.15. The highest BCUT2D eigenvalue weighted by atomic mass is 15.1. The van der Waals surface area contributed by atoms with Crippen LogP contribution < -0.4 is 5.73 Å². The Balaban J connectivity index is 1.98. The van der Waals surface area contributed by atoms with Gasteiger partial charge in [-0.3, -0.25) is 0 Å². The second kappa shape index (κ2) is 4.95. The fourth-order valence-corrected chi connectivity index (χ4v) is 2.63. The second-order valence-electron chi connectivity index (χ2n) is 5.07. The summed E-state index contributed by atoms with van der Waals surface area (Å²) in [6.07, 6.45) is 9.68. The molecule has 1 saturated carbocycles. The van der Waals surface area contributed by atoms with Crippen LogP contribution >= 0.6 is 0 Å². The zero-order chi connectivity index (χ0) is 13.2. The molecule has 6 nitrogen and oxygen atoms in total. The standard InChI is InChI=1S/C13H18N6/c1-19-8-7-15-12(19)11-16-10(17-13(14)18-11)9-5-3-2-4-6-9/h7-9H,2-6H2,1H3,(H2,14,16,17,18). The predicted molar refractivity (Wildman–Crippen MR) is 72.3 cm³/mol.